The molecule has 0 aliphatic heterocycles. The Labute approximate surface area is 372 Å². The first kappa shape index (κ1) is 37.3. The highest BCUT2D eigenvalue weighted by atomic mass is 16.3. The van der Waals surface area contributed by atoms with Crippen LogP contribution < -0.4 is 4.90 Å². The van der Waals surface area contributed by atoms with Gasteiger partial charge in [0.15, 0.2) is 0 Å². The first-order valence-corrected chi connectivity index (χ1v) is 21.9. The summed E-state index contributed by atoms with van der Waals surface area (Å²) >= 11 is 0. The molecule has 0 saturated carbocycles. The summed E-state index contributed by atoms with van der Waals surface area (Å²) in [4.78, 5) is 2.41. The van der Waals surface area contributed by atoms with Crippen molar-refractivity contribution in [3.8, 4) is 55.6 Å². The van der Waals surface area contributed by atoms with Crippen molar-refractivity contribution in [3.05, 3.63) is 249 Å². The van der Waals surface area contributed by atoms with Gasteiger partial charge < -0.3 is 9.32 Å². The lowest BCUT2D eigenvalue weighted by molar-refractivity contribution is 0.669. The summed E-state index contributed by atoms with van der Waals surface area (Å²) in [5.74, 6) is 0. The minimum atomic E-state index is 0.894. The van der Waals surface area contributed by atoms with Crippen LogP contribution in [-0.4, -0.2) is 0 Å². The number of furan rings is 1. The highest BCUT2D eigenvalue weighted by molar-refractivity contribution is 6.06. The summed E-state index contributed by atoms with van der Waals surface area (Å²) in [5.41, 5.74) is 16.7. The van der Waals surface area contributed by atoms with Gasteiger partial charge in [0.25, 0.3) is 0 Å². The van der Waals surface area contributed by atoms with Crippen molar-refractivity contribution in [2.45, 2.75) is 0 Å². The molecule has 0 saturated heterocycles. The lowest BCUT2D eigenvalue weighted by Gasteiger charge is -2.29. The van der Waals surface area contributed by atoms with E-state index in [1.54, 1.807) is 0 Å². The molecule has 0 unspecified atom stereocenters. The van der Waals surface area contributed by atoms with Crippen molar-refractivity contribution >= 4 is 60.5 Å². The number of para-hydroxylation sites is 1. The normalized spacial score (nSPS) is 11.4. The molecule has 11 aromatic carbocycles. The molecular formula is C62H41NO. The van der Waals surface area contributed by atoms with Crippen LogP contribution in [0.5, 0.6) is 0 Å². The number of benzene rings is 11. The minimum absolute atomic E-state index is 0.894. The van der Waals surface area contributed by atoms with Gasteiger partial charge >= 0.3 is 0 Å². The third kappa shape index (κ3) is 6.79. The van der Waals surface area contributed by atoms with Gasteiger partial charge in [-0.25, -0.2) is 0 Å². The lowest BCUT2D eigenvalue weighted by atomic mass is 9.95. The zero-order chi connectivity index (χ0) is 42.4. The fraction of sp³-hybridized carbons (Fsp3) is 0. The highest BCUT2D eigenvalue weighted by Crippen LogP contribution is 2.44. The van der Waals surface area contributed by atoms with Gasteiger partial charge in [-0.1, -0.05) is 194 Å². The summed E-state index contributed by atoms with van der Waals surface area (Å²) in [6, 6.07) is 89.8. The lowest BCUT2D eigenvalue weighted by Crippen LogP contribution is -2.11. The van der Waals surface area contributed by atoms with E-state index in [-0.39, 0.29) is 0 Å². The quantitative estimate of drug-likeness (QED) is 0.152. The molecule has 64 heavy (non-hydrogen) atoms. The third-order valence-corrected chi connectivity index (χ3v) is 12.7. The predicted molar refractivity (Wildman–Crippen MR) is 271 cm³/mol. The Morgan fingerprint density at radius 3 is 1.52 bits per heavy atom. The number of anilines is 3. The topological polar surface area (TPSA) is 16.4 Å². The molecule has 1 aromatic heterocycles. The van der Waals surface area contributed by atoms with Gasteiger partial charge in [-0.3, -0.25) is 0 Å². The van der Waals surface area contributed by atoms with Crippen molar-refractivity contribution in [2.75, 3.05) is 4.90 Å². The van der Waals surface area contributed by atoms with Crippen LogP contribution in [0.15, 0.2) is 253 Å². The van der Waals surface area contributed by atoms with Crippen molar-refractivity contribution in [2.24, 2.45) is 0 Å². The average Bonchev–Trinajstić information content (AvgIpc) is 3.75. The molecule has 0 fully saturated rings. The second-order valence-electron chi connectivity index (χ2n) is 16.5. The van der Waals surface area contributed by atoms with Gasteiger partial charge in [0.1, 0.15) is 11.2 Å². The van der Waals surface area contributed by atoms with Crippen molar-refractivity contribution in [3.63, 3.8) is 0 Å². The van der Waals surface area contributed by atoms with E-state index in [9.17, 15) is 0 Å². The van der Waals surface area contributed by atoms with Crippen LogP contribution in [0.3, 0.4) is 0 Å². The van der Waals surface area contributed by atoms with Gasteiger partial charge in [0, 0.05) is 27.7 Å². The zero-order valence-corrected chi connectivity index (χ0v) is 35.0. The zero-order valence-electron chi connectivity index (χ0n) is 35.0. The standard InChI is InChI=1S/C62H41NO/c1-2-12-47(13-3-1)57-37-31-51(50-26-23-42-11-4-5-15-49(42)39-50)40-60(57)63(54-35-29-45(30-36-54)52-32-38-59-58-18-8-9-20-61(58)64-62(59)41-52)53-33-27-44(28-34-53)43-21-24-48(25-22-43)56-19-10-16-46-14-6-7-17-55(46)56/h1-41H. The molecule has 2 nitrogen and oxygen atoms in total. The van der Waals surface area contributed by atoms with Crippen LogP contribution in [0, 0.1) is 0 Å². The van der Waals surface area contributed by atoms with Gasteiger partial charge in [0.2, 0.25) is 0 Å². The number of rotatable bonds is 8. The second-order valence-corrected chi connectivity index (χ2v) is 16.5. The van der Waals surface area contributed by atoms with Crippen LogP contribution in [0.25, 0.3) is 99.1 Å². The minimum Gasteiger partial charge on any atom is -0.456 e. The Balaban J connectivity index is 0.968. The fourth-order valence-electron chi connectivity index (χ4n) is 9.38. The Bertz CT molecular complexity index is 3630. The molecule has 0 bridgehead atoms. The van der Waals surface area contributed by atoms with Crippen LogP contribution in [0.4, 0.5) is 17.1 Å². The van der Waals surface area contributed by atoms with E-state index in [2.05, 4.69) is 241 Å². The predicted octanol–water partition coefficient (Wildman–Crippen LogP) is 17.7. The van der Waals surface area contributed by atoms with E-state index in [1.165, 1.54) is 43.8 Å². The molecule has 0 radical (unpaired) electrons. The van der Waals surface area contributed by atoms with Crippen molar-refractivity contribution in [1.29, 1.82) is 0 Å². The summed E-state index contributed by atoms with van der Waals surface area (Å²) < 4.78 is 6.29. The molecule has 300 valence electrons. The number of hydrogen-bond donors (Lipinski definition) is 0. The van der Waals surface area contributed by atoms with Crippen LogP contribution in [0.1, 0.15) is 0 Å². The van der Waals surface area contributed by atoms with Crippen LogP contribution in [-0.2, 0) is 0 Å². The maximum absolute atomic E-state index is 6.29. The summed E-state index contributed by atoms with van der Waals surface area (Å²) in [7, 11) is 0. The van der Waals surface area contributed by atoms with Gasteiger partial charge in [-0.15, -0.1) is 0 Å². The summed E-state index contributed by atoms with van der Waals surface area (Å²) in [5, 5.41) is 7.24. The van der Waals surface area contributed by atoms with E-state index >= 15 is 0 Å². The van der Waals surface area contributed by atoms with Gasteiger partial charge in [-0.2, -0.15) is 0 Å². The Hall–Kier alpha value is -8.46. The van der Waals surface area contributed by atoms with Crippen molar-refractivity contribution < 1.29 is 4.42 Å². The van der Waals surface area contributed by atoms with Gasteiger partial charge in [-0.05, 0) is 126 Å². The summed E-state index contributed by atoms with van der Waals surface area (Å²) in [6.45, 7) is 0. The number of nitrogens with zero attached hydrogens (tertiary/aromatic N) is 1. The molecule has 0 aliphatic rings. The Kier molecular flexibility index (Phi) is 9.20. The number of fused-ring (bicyclic) bond motifs is 5. The maximum Gasteiger partial charge on any atom is 0.136 e. The molecule has 0 spiro atoms. The fourth-order valence-corrected chi connectivity index (χ4v) is 9.38. The summed E-state index contributed by atoms with van der Waals surface area (Å²) in [6.07, 6.45) is 0. The largest absolute Gasteiger partial charge is 0.456 e. The van der Waals surface area contributed by atoms with Crippen LogP contribution >= 0.6 is 0 Å². The monoisotopic (exact) mass is 815 g/mol. The van der Waals surface area contributed by atoms with E-state index in [4.69, 9.17) is 4.42 Å². The molecule has 2 heteroatoms. The molecule has 0 aliphatic carbocycles. The SMILES string of the molecule is c1ccc(-c2ccc(-c3ccc4ccccc4c3)cc2N(c2ccc(-c3ccc(-c4cccc5ccccc45)cc3)cc2)c2ccc(-c3ccc4c(c3)oc3ccccc34)cc2)cc1. The molecule has 12 aromatic rings. The maximum atomic E-state index is 6.29. The second kappa shape index (κ2) is 15.8. The van der Waals surface area contributed by atoms with Gasteiger partial charge in [0.05, 0.1) is 5.69 Å². The molecule has 12 rings (SSSR count). The van der Waals surface area contributed by atoms with E-state index in [1.807, 2.05) is 12.1 Å². The first-order valence-electron chi connectivity index (χ1n) is 21.9. The molecule has 0 N–H and O–H groups in total. The molecular weight excluding hydrogens is 775 g/mol. The molecule has 1 heterocycles. The van der Waals surface area contributed by atoms with E-state index < -0.39 is 0 Å². The Morgan fingerprint density at radius 2 is 0.750 bits per heavy atom. The average molecular weight is 816 g/mol. The Morgan fingerprint density at radius 1 is 0.250 bits per heavy atom. The first-order chi connectivity index (χ1) is 31.7. The van der Waals surface area contributed by atoms with E-state index in [0.717, 1.165) is 72.4 Å². The third-order valence-electron chi connectivity index (χ3n) is 12.7. The molecule has 0 atom stereocenters. The van der Waals surface area contributed by atoms with Crippen LogP contribution in [0.2, 0.25) is 0 Å². The smallest absolute Gasteiger partial charge is 0.136 e. The number of hydrogen-bond acceptors (Lipinski definition) is 2. The van der Waals surface area contributed by atoms with Crippen molar-refractivity contribution in [1.82, 2.24) is 0 Å². The molecule has 0 amide bonds. The van der Waals surface area contributed by atoms with E-state index in [0.29, 0.717) is 0 Å². The highest BCUT2D eigenvalue weighted by Gasteiger charge is 2.20.